The highest BCUT2D eigenvalue weighted by Gasteiger charge is 2.42. The molecule has 0 bridgehead atoms. The maximum Gasteiger partial charge on any atom is 0.153 e. The van der Waals surface area contributed by atoms with Gasteiger partial charge in [0.2, 0.25) is 0 Å². The first kappa shape index (κ1) is 16.2. The van der Waals surface area contributed by atoms with Crippen LogP contribution in [0.3, 0.4) is 0 Å². The van der Waals surface area contributed by atoms with Crippen LogP contribution in [0, 0.1) is 0 Å². The van der Waals surface area contributed by atoms with Crippen LogP contribution < -0.4 is 5.32 Å². The highest BCUT2D eigenvalue weighted by Crippen LogP contribution is 2.32. The molecule has 1 aliphatic heterocycles. The van der Waals surface area contributed by atoms with E-state index in [9.17, 15) is 8.42 Å². The summed E-state index contributed by atoms with van der Waals surface area (Å²) in [6, 6.07) is 0.406. The van der Waals surface area contributed by atoms with E-state index in [1.807, 2.05) is 13.8 Å². The lowest BCUT2D eigenvalue weighted by Crippen LogP contribution is -2.66. The predicted octanol–water partition coefficient (Wildman–Crippen LogP) is 1.81. The Bertz CT molecular complexity index is 439. The molecule has 0 aromatic carbocycles. The number of nitrogens with one attached hydrogen (secondary N) is 1. The van der Waals surface area contributed by atoms with Crippen LogP contribution in [0.15, 0.2) is 0 Å². The molecular formula is C15H30N2O2S. The number of nitrogens with zero attached hydrogens (tertiary/aromatic N) is 1. The molecule has 0 aromatic rings. The van der Waals surface area contributed by atoms with E-state index in [0.29, 0.717) is 12.6 Å². The highest BCUT2D eigenvalue weighted by atomic mass is 32.2. The number of hydrogen-bond acceptors (Lipinski definition) is 4. The summed E-state index contributed by atoms with van der Waals surface area (Å²) in [5.41, 5.74) is 0.234. The van der Waals surface area contributed by atoms with Crippen molar-refractivity contribution in [2.24, 2.45) is 0 Å². The average Bonchev–Trinajstić information content (AvgIpc) is 2.33. The van der Waals surface area contributed by atoms with Gasteiger partial charge in [-0.05, 0) is 33.6 Å². The van der Waals surface area contributed by atoms with Crippen molar-refractivity contribution in [3.8, 4) is 0 Å². The van der Waals surface area contributed by atoms with E-state index in [4.69, 9.17) is 0 Å². The molecule has 2 aliphatic rings. The van der Waals surface area contributed by atoms with Crippen LogP contribution in [0.4, 0.5) is 0 Å². The van der Waals surface area contributed by atoms with Gasteiger partial charge in [-0.2, -0.15) is 0 Å². The van der Waals surface area contributed by atoms with E-state index in [0.717, 1.165) is 13.1 Å². The Morgan fingerprint density at radius 1 is 1.25 bits per heavy atom. The molecule has 1 saturated carbocycles. The molecular weight excluding hydrogens is 272 g/mol. The van der Waals surface area contributed by atoms with Crippen molar-refractivity contribution in [1.82, 2.24) is 10.2 Å². The maximum absolute atomic E-state index is 12.0. The molecule has 1 saturated heterocycles. The van der Waals surface area contributed by atoms with Crippen molar-refractivity contribution in [2.75, 3.05) is 25.9 Å². The van der Waals surface area contributed by atoms with Gasteiger partial charge in [0.25, 0.3) is 0 Å². The van der Waals surface area contributed by atoms with Gasteiger partial charge in [-0.15, -0.1) is 0 Å². The minimum Gasteiger partial charge on any atom is -0.308 e. The summed E-state index contributed by atoms with van der Waals surface area (Å²) < 4.78 is 23.2. The average molecular weight is 302 g/mol. The molecule has 1 aliphatic carbocycles. The van der Waals surface area contributed by atoms with Gasteiger partial charge in [0, 0.05) is 37.5 Å². The molecule has 118 valence electrons. The standard InChI is InChI=1S/C15H30N2O2S/c1-13-10-16-15(8-6-5-7-9-15)12-17(13)11-14(2,3)20(4,18)19/h13,16H,5-12H2,1-4H3. The highest BCUT2D eigenvalue weighted by molar-refractivity contribution is 7.92. The molecule has 1 heterocycles. The summed E-state index contributed by atoms with van der Waals surface area (Å²) in [6.45, 7) is 8.50. The third-order valence-corrected chi connectivity index (χ3v) is 7.44. The van der Waals surface area contributed by atoms with Crippen LogP contribution in [0.5, 0.6) is 0 Å². The van der Waals surface area contributed by atoms with Gasteiger partial charge in [0.05, 0.1) is 4.75 Å². The Morgan fingerprint density at radius 3 is 2.40 bits per heavy atom. The quantitative estimate of drug-likeness (QED) is 0.864. The Morgan fingerprint density at radius 2 is 1.85 bits per heavy atom. The van der Waals surface area contributed by atoms with E-state index >= 15 is 0 Å². The molecule has 2 fully saturated rings. The normalized spacial score (nSPS) is 28.7. The van der Waals surface area contributed by atoms with Crippen molar-refractivity contribution < 1.29 is 8.42 Å². The summed E-state index contributed by atoms with van der Waals surface area (Å²) in [4.78, 5) is 2.39. The third kappa shape index (κ3) is 3.37. The van der Waals surface area contributed by atoms with Gasteiger partial charge in [0.15, 0.2) is 9.84 Å². The van der Waals surface area contributed by atoms with Gasteiger partial charge in [-0.1, -0.05) is 19.3 Å². The second-order valence-electron chi connectivity index (χ2n) is 7.51. The van der Waals surface area contributed by atoms with E-state index in [-0.39, 0.29) is 5.54 Å². The van der Waals surface area contributed by atoms with Crippen LogP contribution in [0.25, 0.3) is 0 Å². The fourth-order valence-electron chi connectivity index (χ4n) is 3.48. The van der Waals surface area contributed by atoms with Crippen LogP contribution >= 0.6 is 0 Å². The molecule has 4 nitrogen and oxygen atoms in total. The topological polar surface area (TPSA) is 49.4 Å². The van der Waals surface area contributed by atoms with Crippen molar-refractivity contribution in [2.45, 2.75) is 69.2 Å². The molecule has 0 amide bonds. The minimum absolute atomic E-state index is 0.234. The second kappa shape index (κ2) is 5.58. The zero-order valence-electron chi connectivity index (χ0n) is 13.4. The van der Waals surface area contributed by atoms with Gasteiger partial charge >= 0.3 is 0 Å². The Balaban J connectivity index is 2.10. The molecule has 1 N–H and O–H groups in total. The molecule has 5 heteroatoms. The molecule has 2 rings (SSSR count). The SMILES string of the molecule is CC1CNC2(CCCCC2)CN1CC(C)(C)S(C)(=O)=O. The fraction of sp³-hybridized carbons (Fsp3) is 1.00. The molecule has 20 heavy (non-hydrogen) atoms. The predicted molar refractivity (Wildman–Crippen MR) is 83.8 cm³/mol. The smallest absolute Gasteiger partial charge is 0.153 e. The second-order valence-corrected chi connectivity index (χ2v) is 10.2. The van der Waals surface area contributed by atoms with Gasteiger partial charge in [0.1, 0.15) is 0 Å². The van der Waals surface area contributed by atoms with Crippen LogP contribution in [0.2, 0.25) is 0 Å². The van der Waals surface area contributed by atoms with Crippen LogP contribution in [0.1, 0.15) is 52.9 Å². The van der Waals surface area contributed by atoms with E-state index < -0.39 is 14.6 Å². The Hall–Kier alpha value is -0.130. The lowest BCUT2D eigenvalue weighted by Gasteiger charge is -2.50. The van der Waals surface area contributed by atoms with Crippen LogP contribution in [-0.2, 0) is 9.84 Å². The van der Waals surface area contributed by atoms with E-state index in [1.165, 1.54) is 38.4 Å². The van der Waals surface area contributed by atoms with Crippen molar-refractivity contribution in [1.29, 1.82) is 0 Å². The Labute approximate surface area is 124 Å². The Kier molecular flexibility index (Phi) is 4.53. The van der Waals surface area contributed by atoms with Gasteiger partial charge < -0.3 is 5.32 Å². The maximum atomic E-state index is 12.0. The number of sulfone groups is 1. The first-order chi connectivity index (χ1) is 9.15. The van der Waals surface area contributed by atoms with E-state index in [1.54, 1.807) is 0 Å². The van der Waals surface area contributed by atoms with Gasteiger partial charge in [-0.25, -0.2) is 8.42 Å². The number of rotatable bonds is 3. The lowest BCUT2D eigenvalue weighted by molar-refractivity contribution is 0.0573. The fourth-order valence-corrected chi connectivity index (χ4v) is 3.88. The lowest BCUT2D eigenvalue weighted by atomic mass is 9.79. The largest absolute Gasteiger partial charge is 0.308 e. The van der Waals surface area contributed by atoms with Crippen LogP contribution in [-0.4, -0.2) is 55.5 Å². The minimum atomic E-state index is -3.03. The molecule has 1 atom stereocenters. The third-order valence-electron chi connectivity index (χ3n) is 5.30. The summed E-state index contributed by atoms with van der Waals surface area (Å²) in [5, 5.41) is 3.75. The van der Waals surface area contributed by atoms with Crippen molar-refractivity contribution >= 4 is 9.84 Å². The summed E-state index contributed by atoms with van der Waals surface area (Å²) in [7, 11) is -3.03. The summed E-state index contributed by atoms with van der Waals surface area (Å²) in [6.07, 6.45) is 7.75. The zero-order chi connectivity index (χ0) is 15.0. The summed E-state index contributed by atoms with van der Waals surface area (Å²) in [5.74, 6) is 0. The van der Waals surface area contributed by atoms with Crippen molar-refractivity contribution in [3.63, 3.8) is 0 Å². The van der Waals surface area contributed by atoms with Gasteiger partial charge in [-0.3, -0.25) is 4.90 Å². The number of hydrogen-bond donors (Lipinski definition) is 1. The molecule has 0 radical (unpaired) electrons. The molecule has 1 spiro atoms. The number of piperazine rings is 1. The molecule has 0 aromatic heterocycles. The van der Waals surface area contributed by atoms with E-state index in [2.05, 4.69) is 17.1 Å². The summed E-state index contributed by atoms with van der Waals surface area (Å²) >= 11 is 0. The first-order valence-electron chi connectivity index (χ1n) is 7.84. The monoisotopic (exact) mass is 302 g/mol. The first-order valence-corrected chi connectivity index (χ1v) is 9.73. The van der Waals surface area contributed by atoms with Crippen molar-refractivity contribution in [3.05, 3.63) is 0 Å². The zero-order valence-corrected chi connectivity index (χ0v) is 14.2. The molecule has 1 unspecified atom stereocenters.